The number of rotatable bonds is 3. The molecule has 1 unspecified atom stereocenters. The zero-order valence-corrected chi connectivity index (χ0v) is 4.36. The van der Waals surface area contributed by atoms with Gasteiger partial charge in [-0.25, -0.2) is 0 Å². The molecule has 1 N–H and O–H groups in total. The van der Waals surface area contributed by atoms with E-state index in [1.165, 1.54) is 0 Å². The van der Waals surface area contributed by atoms with Gasteiger partial charge in [-0.05, 0) is 0 Å². The van der Waals surface area contributed by atoms with Crippen molar-refractivity contribution in [3.8, 4) is 0 Å². The van der Waals surface area contributed by atoms with Crippen molar-refractivity contribution in [2.45, 2.75) is 6.54 Å². The fraction of sp³-hybridized carbons (Fsp3) is 1.00. The Morgan fingerprint density at radius 3 is 2.57 bits per heavy atom. The van der Waals surface area contributed by atoms with Crippen LogP contribution in [0.3, 0.4) is 0 Å². The molecular weight excluding hydrogens is 122 g/mol. The molecular formula is C3H6ClFO2. The van der Waals surface area contributed by atoms with Crippen molar-refractivity contribution in [1.82, 2.24) is 0 Å². The van der Waals surface area contributed by atoms with E-state index in [0.29, 0.717) is 0 Å². The first-order chi connectivity index (χ1) is 3.27. The van der Waals surface area contributed by atoms with Crippen LogP contribution in [0.4, 0.5) is 4.39 Å². The van der Waals surface area contributed by atoms with E-state index in [2.05, 4.69) is 4.74 Å². The molecule has 0 bridgehead atoms. The fourth-order valence-corrected chi connectivity index (χ4v) is 0.231. The van der Waals surface area contributed by atoms with Crippen molar-refractivity contribution in [2.24, 2.45) is 0 Å². The van der Waals surface area contributed by atoms with E-state index >= 15 is 0 Å². The first-order valence-corrected chi connectivity index (χ1v) is 2.30. The van der Waals surface area contributed by atoms with Gasteiger partial charge in [0, 0.05) is 5.88 Å². The monoisotopic (exact) mass is 128 g/mol. The zero-order valence-electron chi connectivity index (χ0n) is 3.60. The van der Waals surface area contributed by atoms with E-state index in [1.54, 1.807) is 0 Å². The molecule has 0 rings (SSSR count). The SMILES string of the molecule is OC(F)OCCCl. The highest BCUT2D eigenvalue weighted by molar-refractivity contribution is 6.17. The van der Waals surface area contributed by atoms with Gasteiger partial charge in [-0.15, -0.1) is 11.6 Å². The van der Waals surface area contributed by atoms with Crippen LogP contribution in [0.25, 0.3) is 0 Å². The summed E-state index contributed by atoms with van der Waals surface area (Å²) in [5.74, 6) is 0.195. The van der Waals surface area contributed by atoms with Crippen molar-refractivity contribution >= 4 is 11.6 Å². The van der Waals surface area contributed by atoms with Gasteiger partial charge in [0.2, 0.25) is 0 Å². The third kappa shape index (κ3) is 6.14. The topological polar surface area (TPSA) is 29.5 Å². The van der Waals surface area contributed by atoms with E-state index in [9.17, 15) is 4.39 Å². The fourth-order valence-electron chi connectivity index (χ4n) is 0.142. The normalized spacial score (nSPS) is 14.1. The zero-order chi connectivity index (χ0) is 5.70. The molecule has 4 heteroatoms. The average Bonchev–Trinajstić information content (AvgIpc) is 1.61. The highest BCUT2D eigenvalue weighted by atomic mass is 35.5. The summed E-state index contributed by atoms with van der Waals surface area (Å²) < 4.78 is 15.1. The molecule has 0 radical (unpaired) electrons. The minimum atomic E-state index is -2.18. The Labute approximate surface area is 45.8 Å². The molecule has 0 aromatic rings. The van der Waals surface area contributed by atoms with E-state index in [1.807, 2.05) is 0 Å². The number of aliphatic hydroxyl groups is 1. The molecule has 44 valence electrons. The minimum Gasteiger partial charge on any atom is -0.342 e. The van der Waals surface area contributed by atoms with Crippen LogP contribution >= 0.6 is 11.6 Å². The number of ether oxygens (including phenoxy) is 1. The summed E-state index contributed by atoms with van der Waals surface area (Å²) in [5.41, 5.74) is 0. The van der Waals surface area contributed by atoms with Crippen molar-refractivity contribution in [2.75, 3.05) is 12.5 Å². The van der Waals surface area contributed by atoms with Crippen LogP contribution in [0.5, 0.6) is 0 Å². The molecule has 0 spiro atoms. The maximum absolute atomic E-state index is 11.2. The number of alkyl halides is 2. The predicted molar refractivity (Wildman–Crippen MR) is 23.8 cm³/mol. The quantitative estimate of drug-likeness (QED) is 0.443. The number of hydrogen-bond acceptors (Lipinski definition) is 2. The molecule has 2 nitrogen and oxygen atoms in total. The maximum Gasteiger partial charge on any atom is 0.307 e. The van der Waals surface area contributed by atoms with Crippen molar-refractivity contribution in [1.29, 1.82) is 0 Å². The Balaban J connectivity index is 2.68. The number of aliphatic hydroxyl groups excluding tert-OH is 1. The smallest absolute Gasteiger partial charge is 0.307 e. The van der Waals surface area contributed by atoms with E-state index in [0.717, 1.165) is 0 Å². The standard InChI is InChI=1S/C3H6ClFO2/c4-1-2-7-3(5)6/h3,6H,1-2H2. The van der Waals surface area contributed by atoms with Crippen molar-refractivity contribution in [3.05, 3.63) is 0 Å². The largest absolute Gasteiger partial charge is 0.342 e. The second kappa shape index (κ2) is 4.30. The van der Waals surface area contributed by atoms with Crippen LogP contribution in [0, 0.1) is 0 Å². The third-order valence-electron chi connectivity index (χ3n) is 0.333. The number of halogens is 2. The highest BCUT2D eigenvalue weighted by Crippen LogP contribution is 1.86. The van der Waals surface area contributed by atoms with Gasteiger partial charge in [-0.2, -0.15) is 4.39 Å². The molecule has 0 aliphatic rings. The predicted octanol–water partition coefficient (Wildman–Crippen LogP) is 0.487. The Bertz CT molecular complexity index is 41.9. The molecule has 0 aliphatic heterocycles. The van der Waals surface area contributed by atoms with Gasteiger partial charge in [0.1, 0.15) is 0 Å². The molecule has 0 heterocycles. The second-order valence-corrected chi connectivity index (χ2v) is 1.23. The minimum absolute atomic E-state index is 0.0409. The van der Waals surface area contributed by atoms with Gasteiger partial charge < -0.3 is 9.84 Å². The second-order valence-electron chi connectivity index (χ2n) is 0.852. The van der Waals surface area contributed by atoms with Crippen LogP contribution < -0.4 is 0 Å². The van der Waals surface area contributed by atoms with E-state index in [4.69, 9.17) is 16.7 Å². The summed E-state index contributed by atoms with van der Waals surface area (Å²) in [6.07, 6.45) is 0. The molecule has 0 fully saturated rings. The third-order valence-corrected chi connectivity index (χ3v) is 0.487. The lowest BCUT2D eigenvalue weighted by molar-refractivity contribution is -0.179. The van der Waals surface area contributed by atoms with E-state index in [-0.39, 0.29) is 12.5 Å². The molecule has 0 amide bonds. The molecule has 0 saturated heterocycles. The maximum atomic E-state index is 11.2. The summed E-state index contributed by atoms with van der Waals surface area (Å²) in [5, 5.41) is 7.74. The van der Waals surface area contributed by atoms with Crippen LogP contribution in [-0.4, -0.2) is 24.1 Å². The lowest BCUT2D eigenvalue weighted by Crippen LogP contribution is -2.05. The van der Waals surface area contributed by atoms with Crippen molar-refractivity contribution < 1.29 is 14.2 Å². The lowest BCUT2D eigenvalue weighted by Gasteiger charge is -1.97. The average molecular weight is 129 g/mol. The first-order valence-electron chi connectivity index (χ1n) is 1.77. The molecule has 0 aliphatic carbocycles. The molecule has 1 atom stereocenters. The first kappa shape index (κ1) is 7.14. The summed E-state index contributed by atoms with van der Waals surface area (Å²) in [4.78, 5) is 0. The Morgan fingerprint density at radius 2 is 2.43 bits per heavy atom. The molecule has 0 aromatic carbocycles. The molecule has 0 saturated carbocycles. The van der Waals surface area contributed by atoms with Gasteiger partial charge in [0.05, 0.1) is 6.61 Å². The summed E-state index contributed by atoms with van der Waals surface area (Å²) in [7, 11) is 0. The highest BCUT2D eigenvalue weighted by Gasteiger charge is 1.94. The van der Waals surface area contributed by atoms with Gasteiger partial charge in [-0.1, -0.05) is 0 Å². The van der Waals surface area contributed by atoms with Crippen LogP contribution in [-0.2, 0) is 4.74 Å². The van der Waals surface area contributed by atoms with Crippen LogP contribution in [0.15, 0.2) is 0 Å². The Kier molecular flexibility index (Phi) is 4.39. The molecule has 7 heavy (non-hydrogen) atoms. The Hall–Kier alpha value is 0.140. The lowest BCUT2D eigenvalue weighted by atomic mass is 10.9. The van der Waals surface area contributed by atoms with Gasteiger partial charge in [-0.3, -0.25) is 0 Å². The van der Waals surface area contributed by atoms with Gasteiger partial charge in [0.25, 0.3) is 0 Å². The van der Waals surface area contributed by atoms with Crippen LogP contribution in [0.1, 0.15) is 0 Å². The number of hydrogen-bond donors (Lipinski definition) is 1. The van der Waals surface area contributed by atoms with Crippen LogP contribution in [0.2, 0.25) is 0 Å². The van der Waals surface area contributed by atoms with Gasteiger partial charge in [0.15, 0.2) is 0 Å². The van der Waals surface area contributed by atoms with E-state index < -0.39 is 6.54 Å². The van der Waals surface area contributed by atoms with Crippen molar-refractivity contribution in [3.63, 3.8) is 0 Å². The Morgan fingerprint density at radius 1 is 1.86 bits per heavy atom. The summed E-state index contributed by atoms with van der Waals surface area (Å²) in [6.45, 7) is -2.14. The summed E-state index contributed by atoms with van der Waals surface area (Å²) in [6, 6.07) is 0. The summed E-state index contributed by atoms with van der Waals surface area (Å²) >= 11 is 5.04. The molecule has 0 aromatic heterocycles. The van der Waals surface area contributed by atoms with Gasteiger partial charge >= 0.3 is 6.54 Å².